The molecule has 190 valence electrons. The maximum atomic E-state index is 11.4. The summed E-state index contributed by atoms with van der Waals surface area (Å²) in [5, 5.41) is 17.5. The van der Waals surface area contributed by atoms with Crippen LogP contribution in [0.5, 0.6) is 11.5 Å². The second kappa shape index (κ2) is 13.3. The van der Waals surface area contributed by atoms with Crippen LogP contribution in [0.25, 0.3) is 0 Å². The molecule has 7 heteroatoms. The highest BCUT2D eigenvalue weighted by Gasteiger charge is 2.19. The molecule has 0 aliphatic heterocycles. The van der Waals surface area contributed by atoms with Gasteiger partial charge in [-0.3, -0.25) is 4.79 Å². The molecule has 0 aliphatic rings. The number of aryl methyl sites for hydroxylation is 1. The number of carboxylic acid groups (broad SMARTS) is 1. The van der Waals surface area contributed by atoms with Crippen LogP contribution in [0.2, 0.25) is 0 Å². The monoisotopic (exact) mass is 515 g/mol. The number of hydrogen-bond donors (Lipinski definition) is 1. The maximum Gasteiger partial charge on any atom is 0.303 e. The molecule has 4 aromatic rings. The van der Waals surface area contributed by atoms with Crippen LogP contribution in [0.1, 0.15) is 46.8 Å². The summed E-state index contributed by atoms with van der Waals surface area (Å²) in [7, 11) is 0. The molecule has 0 radical (unpaired) electrons. The third kappa shape index (κ3) is 7.95. The van der Waals surface area contributed by atoms with Gasteiger partial charge in [-0.15, -0.1) is 0 Å². The number of carboxylic acids is 1. The average molecular weight is 516 g/mol. The molecule has 6 nitrogen and oxygen atoms in total. The molecule has 1 aromatic heterocycles. The van der Waals surface area contributed by atoms with Crippen LogP contribution < -0.4 is 9.47 Å². The van der Waals surface area contributed by atoms with E-state index >= 15 is 0 Å². The van der Waals surface area contributed by atoms with Crippen molar-refractivity contribution >= 4 is 23.5 Å². The number of hydrogen-bond acceptors (Lipinski definition) is 6. The number of oxime groups is 1. The van der Waals surface area contributed by atoms with Crippen molar-refractivity contribution in [2.24, 2.45) is 5.16 Å². The summed E-state index contributed by atoms with van der Waals surface area (Å²) in [4.78, 5) is 16.9. The molecule has 0 saturated heterocycles. The molecule has 0 spiro atoms. The summed E-state index contributed by atoms with van der Waals surface area (Å²) < 4.78 is 12.5. The molecule has 1 heterocycles. The molecule has 3 aromatic carbocycles. The number of nitrogens with zero attached hydrogens (tertiary/aromatic N) is 1. The van der Waals surface area contributed by atoms with E-state index in [-0.39, 0.29) is 6.42 Å². The van der Waals surface area contributed by atoms with Crippen LogP contribution in [-0.4, -0.2) is 17.3 Å². The molecular formula is C30H29NO5S. The molecule has 4 rings (SSSR count). The Kier molecular flexibility index (Phi) is 9.32. The molecular weight excluding hydrogens is 486 g/mol. The van der Waals surface area contributed by atoms with Gasteiger partial charge >= 0.3 is 5.97 Å². The molecule has 1 atom stereocenters. The van der Waals surface area contributed by atoms with Gasteiger partial charge in [-0.25, -0.2) is 0 Å². The van der Waals surface area contributed by atoms with Gasteiger partial charge in [0.15, 0.2) is 0 Å². The van der Waals surface area contributed by atoms with E-state index < -0.39 is 12.1 Å². The van der Waals surface area contributed by atoms with Crippen molar-refractivity contribution in [2.45, 2.75) is 39.1 Å². The van der Waals surface area contributed by atoms with Crippen LogP contribution in [0, 0.1) is 6.92 Å². The molecule has 1 unspecified atom stereocenters. The van der Waals surface area contributed by atoms with Crippen LogP contribution >= 0.6 is 11.3 Å². The normalized spacial score (nSPS) is 11.8. The smallest absolute Gasteiger partial charge is 0.303 e. The minimum atomic E-state index is -0.869. The van der Waals surface area contributed by atoms with E-state index in [4.69, 9.17) is 14.3 Å². The Hall–Kier alpha value is -4.10. The van der Waals surface area contributed by atoms with Gasteiger partial charge in [0.05, 0.1) is 6.21 Å². The van der Waals surface area contributed by atoms with Gasteiger partial charge in [0.25, 0.3) is 0 Å². The average Bonchev–Trinajstić information content (AvgIpc) is 3.43. The summed E-state index contributed by atoms with van der Waals surface area (Å²) in [6.07, 6.45) is 1.45. The van der Waals surface area contributed by atoms with Crippen LogP contribution in [0.15, 0.2) is 94.8 Å². The van der Waals surface area contributed by atoms with Crippen molar-refractivity contribution < 1.29 is 24.2 Å². The van der Waals surface area contributed by atoms with Gasteiger partial charge in [0, 0.05) is 18.1 Å². The summed E-state index contributed by atoms with van der Waals surface area (Å²) in [5.41, 5.74) is 4.78. The summed E-state index contributed by atoms with van der Waals surface area (Å²) in [6, 6.07) is 25.2. The third-order valence-electron chi connectivity index (χ3n) is 5.74. The lowest BCUT2D eigenvalue weighted by molar-refractivity contribution is -0.137. The lowest BCUT2D eigenvalue weighted by atomic mass is 9.99. The number of thiophene rings is 1. The topological polar surface area (TPSA) is 77.4 Å². The van der Waals surface area contributed by atoms with Crippen molar-refractivity contribution in [3.63, 3.8) is 0 Å². The molecule has 0 aliphatic carbocycles. The summed E-state index contributed by atoms with van der Waals surface area (Å²) >= 11 is 1.62. The minimum absolute atomic E-state index is 0.0169. The molecule has 1 N–H and O–H groups in total. The zero-order chi connectivity index (χ0) is 25.9. The molecule has 0 saturated carbocycles. The second-order valence-electron chi connectivity index (χ2n) is 8.51. The predicted molar refractivity (Wildman–Crippen MR) is 145 cm³/mol. The molecule has 0 amide bonds. The first-order valence-electron chi connectivity index (χ1n) is 12.0. The van der Waals surface area contributed by atoms with Crippen molar-refractivity contribution in [3.8, 4) is 11.5 Å². The van der Waals surface area contributed by atoms with E-state index in [1.165, 1.54) is 0 Å². The number of carbonyl (C=O) groups is 1. The zero-order valence-corrected chi connectivity index (χ0v) is 21.4. The molecule has 37 heavy (non-hydrogen) atoms. The van der Waals surface area contributed by atoms with E-state index in [0.717, 1.165) is 22.3 Å². The Morgan fingerprint density at radius 2 is 1.81 bits per heavy atom. The van der Waals surface area contributed by atoms with Crippen molar-refractivity contribution in [1.82, 2.24) is 0 Å². The third-order valence-corrected chi connectivity index (χ3v) is 6.47. The van der Waals surface area contributed by atoms with Gasteiger partial charge in [-0.05, 0) is 64.6 Å². The number of benzene rings is 3. The fourth-order valence-electron chi connectivity index (χ4n) is 3.77. The lowest BCUT2D eigenvalue weighted by Crippen LogP contribution is -2.12. The van der Waals surface area contributed by atoms with E-state index in [0.29, 0.717) is 36.7 Å². The largest absolute Gasteiger partial charge is 0.489 e. The van der Waals surface area contributed by atoms with Gasteiger partial charge in [0.2, 0.25) is 0 Å². The first kappa shape index (κ1) is 26.0. The summed E-state index contributed by atoms with van der Waals surface area (Å²) in [5.74, 6) is 0.310. The molecule has 0 fully saturated rings. The number of rotatable bonds is 13. The van der Waals surface area contributed by atoms with Gasteiger partial charge in [-0.2, -0.15) is 11.3 Å². The van der Waals surface area contributed by atoms with Crippen LogP contribution in [-0.2, 0) is 22.8 Å². The Bertz CT molecular complexity index is 1300. The predicted octanol–water partition coefficient (Wildman–Crippen LogP) is 7.17. The Morgan fingerprint density at radius 1 is 1.00 bits per heavy atom. The van der Waals surface area contributed by atoms with Gasteiger partial charge < -0.3 is 19.4 Å². The van der Waals surface area contributed by atoms with Gasteiger partial charge in [-0.1, -0.05) is 59.8 Å². The van der Waals surface area contributed by atoms with E-state index in [1.54, 1.807) is 17.6 Å². The quantitative estimate of drug-likeness (QED) is 0.151. The zero-order valence-electron chi connectivity index (χ0n) is 20.6. The van der Waals surface area contributed by atoms with E-state index in [9.17, 15) is 9.90 Å². The highest BCUT2D eigenvalue weighted by molar-refractivity contribution is 7.07. The van der Waals surface area contributed by atoms with Crippen molar-refractivity contribution in [2.75, 3.05) is 0 Å². The van der Waals surface area contributed by atoms with Crippen molar-refractivity contribution in [3.05, 3.63) is 117 Å². The minimum Gasteiger partial charge on any atom is -0.489 e. The first-order chi connectivity index (χ1) is 18.1. The summed E-state index contributed by atoms with van der Waals surface area (Å²) in [6.45, 7) is 2.78. The van der Waals surface area contributed by atoms with Gasteiger partial charge in [0.1, 0.15) is 30.8 Å². The highest BCUT2D eigenvalue weighted by Crippen LogP contribution is 2.32. The Labute approximate surface area is 220 Å². The Morgan fingerprint density at radius 3 is 2.57 bits per heavy atom. The standard InChI is InChI=1S/C30H29NO5S/c1-22-7-5-6-10-27(22)28(13-14-30(32)33)36-29-17-26(34-19-24-15-16-37-21-24)12-11-25(29)18-31-35-20-23-8-3-2-4-9-23/h2-12,15-18,21,28H,13-14,19-20H2,1H3,(H,32,33). The highest BCUT2D eigenvalue weighted by atomic mass is 32.1. The van der Waals surface area contributed by atoms with Crippen molar-refractivity contribution in [1.29, 1.82) is 0 Å². The fourth-order valence-corrected chi connectivity index (χ4v) is 4.42. The van der Waals surface area contributed by atoms with Crippen LogP contribution in [0.3, 0.4) is 0 Å². The number of ether oxygens (including phenoxy) is 2. The lowest BCUT2D eigenvalue weighted by Gasteiger charge is -2.22. The second-order valence-corrected chi connectivity index (χ2v) is 9.29. The SMILES string of the molecule is Cc1ccccc1C(CCC(=O)O)Oc1cc(OCc2ccsc2)ccc1C=NOCc1ccccc1. The number of aliphatic carboxylic acids is 1. The molecule has 0 bridgehead atoms. The first-order valence-corrected chi connectivity index (χ1v) is 12.9. The maximum absolute atomic E-state index is 11.4. The Balaban J connectivity index is 1.57. The van der Waals surface area contributed by atoms with E-state index in [1.807, 2.05) is 96.5 Å². The fraction of sp³-hybridized carbons (Fsp3) is 0.200. The van der Waals surface area contributed by atoms with Crippen LogP contribution in [0.4, 0.5) is 0 Å². The van der Waals surface area contributed by atoms with E-state index in [2.05, 4.69) is 5.16 Å².